The number of para-hydroxylation sites is 3. The second-order valence-corrected chi connectivity index (χ2v) is 8.47. The van der Waals surface area contributed by atoms with Crippen molar-refractivity contribution < 1.29 is 19.1 Å². The van der Waals surface area contributed by atoms with E-state index in [4.69, 9.17) is 9.47 Å². The molecule has 172 valence electrons. The highest BCUT2D eigenvalue weighted by Crippen LogP contribution is 2.28. The Morgan fingerprint density at radius 2 is 1.72 bits per heavy atom. The zero-order valence-electron chi connectivity index (χ0n) is 18.7. The Labute approximate surface area is 194 Å². The summed E-state index contributed by atoms with van der Waals surface area (Å²) in [6.07, 6.45) is 2.58. The Balaban J connectivity index is 1.55. The highest BCUT2D eigenvalue weighted by atomic mass is 32.2. The Morgan fingerprint density at radius 3 is 2.41 bits per heavy atom. The number of carbonyl (C=O) groups is 2. The molecule has 1 N–H and O–H groups in total. The fourth-order valence-electron chi connectivity index (χ4n) is 3.67. The second-order valence-electron chi connectivity index (χ2n) is 7.49. The van der Waals surface area contributed by atoms with Crippen LogP contribution in [0, 0.1) is 0 Å². The standard InChI is InChI=1S/C24H31N3O4S/c1-30-22-11-7-6-10-21(22)26-13-15-27(16-14-26)24(29)20(12-17-32-2)25-23(28)18-31-19-8-4-3-5-9-19/h3-11,20H,12-18H2,1-2H3,(H,25,28)/t20-/m1/s1. The number of rotatable bonds is 10. The van der Waals surface area contributed by atoms with E-state index in [9.17, 15) is 9.59 Å². The quantitative estimate of drug-likeness (QED) is 0.592. The Bertz CT molecular complexity index is 873. The van der Waals surface area contributed by atoms with Crippen LogP contribution in [0.1, 0.15) is 6.42 Å². The Hall–Kier alpha value is -2.87. The van der Waals surface area contributed by atoms with Gasteiger partial charge in [0.25, 0.3) is 5.91 Å². The zero-order chi connectivity index (χ0) is 22.8. The number of thioether (sulfide) groups is 1. The minimum absolute atomic E-state index is 0.0354. The largest absolute Gasteiger partial charge is 0.495 e. The van der Waals surface area contributed by atoms with Gasteiger partial charge in [-0.3, -0.25) is 9.59 Å². The third-order valence-electron chi connectivity index (χ3n) is 5.37. The molecule has 0 radical (unpaired) electrons. The maximum Gasteiger partial charge on any atom is 0.258 e. The molecule has 0 spiro atoms. The normalized spacial score (nSPS) is 14.6. The lowest BCUT2D eigenvalue weighted by Gasteiger charge is -2.38. The number of benzene rings is 2. The fourth-order valence-corrected chi connectivity index (χ4v) is 4.15. The molecule has 0 aliphatic carbocycles. The summed E-state index contributed by atoms with van der Waals surface area (Å²) in [5, 5.41) is 2.88. The molecule has 1 heterocycles. The van der Waals surface area contributed by atoms with Crippen LogP contribution in [0.3, 0.4) is 0 Å². The van der Waals surface area contributed by atoms with Crippen molar-refractivity contribution >= 4 is 29.3 Å². The van der Waals surface area contributed by atoms with Gasteiger partial charge in [0.15, 0.2) is 6.61 Å². The van der Waals surface area contributed by atoms with Gasteiger partial charge in [0.05, 0.1) is 12.8 Å². The van der Waals surface area contributed by atoms with Gasteiger partial charge in [-0.05, 0) is 42.7 Å². The number of nitrogens with zero attached hydrogens (tertiary/aromatic N) is 2. The number of piperazine rings is 1. The van der Waals surface area contributed by atoms with E-state index in [2.05, 4.69) is 10.2 Å². The highest BCUT2D eigenvalue weighted by Gasteiger charge is 2.29. The first-order valence-corrected chi connectivity index (χ1v) is 12.1. The highest BCUT2D eigenvalue weighted by molar-refractivity contribution is 7.98. The maximum atomic E-state index is 13.2. The molecule has 1 aliphatic heterocycles. The van der Waals surface area contributed by atoms with E-state index in [-0.39, 0.29) is 18.4 Å². The molecule has 1 saturated heterocycles. The minimum atomic E-state index is -0.549. The number of nitrogens with one attached hydrogen (secondary N) is 1. The van der Waals surface area contributed by atoms with E-state index < -0.39 is 6.04 Å². The van der Waals surface area contributed by atoms with Crippen LogP contribution in [0.25, 0.3) is 0 Å². The van der Waals surface area contributed by atoms with E-state index >= 15 is 0 Å². The van der Waals surface area contributed by atoms with Gasteiger partial charge in [-0.25, -0.2) is 0 Å². The molecule has 7 nitrogen and oxygen atoms in total. The number of ether oxygens (including phenoxy) is 2. The predicted molar refractivity (Wildman–Crippen MR) is 129 cm³/mol. The maximum absolute atomic E-state index is 13.2. The SMILES string of the molecule is COc1ccccc1N1CCN(C(=O)[C@@H](CCSC)NC(=O)COc2ccccc2)CC1. The monoisotopic (exact) mass is 457 g/mol. The number of hydrogen-bond donors (Lipinski definition) is 1. The van der Waals surface area contributed by atoms with Gasteiger partial charge in [-0.15, -0.1) is 0 Å². The lowest BCUT2D eigenvalue weighted by Crippen LogP contribution is -2.55. The summed E-state index contributed by atoms with van der Waals surface area (Å²) in [5.74, 6) is 1.92. The molecule has 3 rings (SSSR count). The summed E-state index contributed by atoms with van der Waals surface area (Å²) < 4.78 is 11.0. The van der Waals surface area contributed by atoms with Gasteiger partial charge < -0.3 is 24.6 Å². The van der Waals surface area contributed by atoms with Crippen molar-refractivity contribution in [2.24, 2.45) is 0 Å². The van der Waals surface area contributed by atoms with Crippen molar-refractivity contribution in [2.75, 3.05) is 56.8 Å². The molecule has 0 unspecified atom stereocenters. The molecule has 1 aliphatic rings. The van der Waals surface area contributed by atoms with Crippen LogP contribution in [0.5, 0.6) is 11.5 Å². The van der Waals surface area contributed by atoms with Crippen LogP contribution in [0.2, 0.25) is 0 Å². The summed E-state index contributed by atoms with van der Waals surface area (Å²) in [4.78, 5) is 29.7. The number of anilines is 1. The number of carbonyl (C=O) groups excluding carboxylic acids is 2. The topological polar surface area (TPSA) is 71.1 Å². The molecule has 32 heavy (non-hydrogen) atoms. The number of methoxy groups -OCH3 is 1. The molecule has 1 atom stereocenters. The smallest absolute Gasteiger partial charge is 0.258 e. The van der Waals surface area contributed by atoms with Crippen LogP contribution >= 0.6 is 11.8 Å². The van der Waals surface area contributed by atoms with Gasteiger partial charge >= 0.3 is 0 Å². The van der Waals surface area contributed by atoms with Crippen LogP contribution in [0.4, 0.5) is 5.69 Å². The first kappa shape index (κ1) is 23.8. The Kier molecular flexibility index (Phi) is 9.10. The molecule has 0 aromatic heterocycles. The van der Waals surface area contributed by atoms with Gasteiger partial charge in [-0.2, -0.15) is 11.8 Å². The lowest BCUT2D eigenvalue weighted by atomic mass is 10.1. The average molecular weight is 458 g/mol. The molecule has 1 fully saturated rings. The lowest BCUT2D eigenvalue weighted by molar-refractivity contribution is -0.137. The van der Waals surface area contributed by atoms with E-state index in [0.29, 0.717) is 38.3 Å². The van der Waals surface area contributed by atoms with E-state index in [1.54, 1.807) is 31.0 Å². The Morgan fingerprint density at radius 1 is 1.03 bits per heavy atom. The second kappa shape index (κ2) is 12.2. The number of amides is 2. The molecule has 8 heteroatoms. The van der Waals surface area contributed by atoms with E-state index in [1.165, 1.54) is 0 Å². The molecule has 2 amide bonds. The van der Waals surface area contributed by atoms with Crippen LogP contribution in [0.15, 0.2) is 54.6 Å². The number of hydrogen-bond acceptors (Lipinski definition) is 6. The van der Waals surface area contributed by atoms with Crippen molar-refractivity contribution in [3.05, 3.63) is 54.6 Å². The summed E-state index contributed by atoms with van der Waals surface area (Å²) in [6, 6.07) is 16.5. The summed E-state index contributed by atoms with van der Waals surface area (Å²) >= 11 is 1.66. The van der Waals surface area contributed by atoms with E-state index in [0.717, 1.165) is 17.2 Å². The van der Waals surface area contributed by atoms with Gasteiger partial charge in [0.2, 0.25) is 5.91 Å². The molecule has 0 saturated carbocycles. The van der Waals surface area contributed by atoms with Crippen molar-refractivity contribution in [2.45, 2.75) is 12.5 Å². The first-order chi connectivity index (χ1) is 15.6. The summed E-state index contributed by atoms with van der Waals surface area (Å²) in [7, 11) is 1.67. The van der Waals surface area contributed by atoms with Gasteiger partial charge in [-0.1, -0.05) is 30.3 Å². The third-order valence-corrected chi connectivity index (χ3v) is 6.02. The van der Waals surface area contributed by atoms with Crippen molar-refractivity contribution in [1.29, 1.82) is 0 Å². The van der Waals surface area contributed by atoms with Crippen LogP contribution < -0.4 is 19.7 Å². The molecule has 2 aromatic rings. The van der Waals surface area contributed by atoms with Gasteiger partial charge in [0.1, 0.15) is 17.5 Å². The van der Waals surface area contributed by atoms with Crippen molar-refractivity contribution in [3.63, 3.8) is 0 Å². The average Bonchev–Trinajstić information content (AvgIpc) is 2.85. The minimum Gasteiger partial charge on any atom is -0.495 e. The third kappa shape index (κ3) is 6.56. The van der Waals surface area contributed by atoms with Crippen molar-refractivity contribution in [3.8, 4) is 11.5 Å². The fraction of sp³-hybridized carbons (Fsp3) is 0.417. The van der Waals surface area contributed by atoms with Crippen LogP contribution in [-0.4, -0.2) is 74.7 Å². The molecular formula is C24H31N3O4S. The summed E-state index contributed by atoms with van der Waals surface area (Å²) in [6.45, 7) is 2.51. The van der Waals surface area contributed by atoms with Crippen molar-refractivity contribution in [1.82, 2.24) is 10.2 Å². The summed E-state index contributed by atoms with van der Waals surface area (Å²) in [5.41, 5.74) is 1.03. The van der Waals surface area contributed by atoms with Crippen LogP contribution in [-0.2, 0) is 9.59 Å². The van der Waals surface area contributed by atoms with Gasteiger partial charge in [0, 0.05) is 26.2 Å². The van der Waals surface area contributed by atoms with E-state index in [1.807, 2.05) is 53.6 Å². The molecule has 2 aromatic carbocycles. The molecular weight excluding hydrogens is 426 g/mol. The zero-order valence-corrected chi connectivity index (χ0v) is 19.5. The first-order valence-electron chi connectivity index (χ1n) is 10.7. The molecule has 0 bridgehead atoms. The predicted octanol–water partition coefficient (Wildman–Crippen LogP) is 2.66.